The van der Waals surface area contributed by atoms with Crippen molar-refractivity contribution in [1.82, 2.24) is 5.32 Å². The number of rotatable bonds is 3. The quantitative estimate of drug-likeness (QED) is 0.860. The van der Waals surface area contributed by atoms with Crippen molar-refractivity contribution in [2.75, 3.05) is 27.6 Å². The van der Waals surface area contributed by atoms with Crippen LogP contribution >= 0.6 is 0 Å². The van der Waals surface area contributed by atoms with Gasteiger partial charge < -0.3 is 29.4 Å². The van der Waals surface area contributed by atoms with Crippen LogP contribution in [0.25, 0.3) is 11.1 Å². The fourth-order valence-corrected chi connectivity index (χ4v) is 4.59. The lowest BCUT2D eigenvalue weighted by atomic mass is 9.75. The van der Waals surface area contributed by atoms with Gasteiger partial charge in [-0.25, -0.2) is 4.79 Å². The predicted octanol–water partition coefficient (Wildman–Crippen LogP) is 2.54. The number of nitrogens with one attached hydrogen (secondary N) is 1. The molecule has 7 nitrogen and oxygen atoms in total. The molecule has 2 aromatic carbocycles. The number of carboxylic acid groups (broad SMARTS) is 1. The second kappa shape index (κ2) is 5.79. The number of carboxylic acids is 1. The third kappa shape index (κ3) is 2.09. The number of hydrogen-bond donors (Lipinski definition) is 2. The van der Waals surface area contributed by atoms with E-state index in [-0.39, 0.29) is 18.4 Å². The van der Waals surface area contributed by atoms with Gasteiger partial charge in [0.2, 0.25) is 12.5 Å². The smallest absolute Gasteiger partial charge is 0.340 e. The molecule has 0 fully saturated rings. The average molecular weight is 369 g/mol. The van der Waals surface area contributed by atoms with Crippen LogP contribution in [0.4, 0.5) is 0 Å². The van der Waals surface area contributed by atoms with Crippen LogP contribution in [0.3, 0.4) is 0 Å². The summed E-state index contributed by atoms with van der Waals surface area (Å²) in [7, 11) is 3.11. The van der Waals surface area contributed by atoms with Crippen LogP contribution in [-0.2, 0) is 12.8 Å². The lowest BCUT2D eigenvalue weighted by Gasteiger charge is -2.36. The highest BCUT2D eigenvalue weighted by Gasteiger charge is 2.41. The van der Waals surface area contributed by atoms with E-state index in [1.54, 1.807) is 13.2 Å². The first kappa shape index (κ1) is 16.3. The van der Waals surface area contributed by atoms with E-state index in [4.69, 9.17) is 18.9 Å². The molecule has 1 unspecified atom stereocenters. The highest BCUT2D eigenvalue weighted by Crippen LogP contribution is 2.58. The molecular weight excluding hydrogens is 350 g/mol. The summed E-state index contributed by atoms with van der Waals surface area (Å²) in [5.74, 6) is 1.11. The topological polar surface area (TPSA) is 86.3 Å². The standard InChI is InChI=1S/C20H19NO6/c1-24-12-4-3-9-7-11-14-10(5-6-21-11)17(25-2)19-18(26-8-27-19)16(14)13(9)15(12)20(22)23/h3-4,11,21H,5-8H2,1-2H3,(H,22,23). The third-order valence-corrected chi connectivity index (χ3v) is 5.59. The SMILES string of the molecule is COc1ccc2c(c1C(=O)O)-c1c3c(c(OC)c4c1C(C2)NCC4)OCO3. The van der Waals surface area contributed by atoms with Crippen molar-refractivity contribution in [3.8, 4) is 34.1 Å². The van der Waals surface area contributed by atoms with Gasteiger partial charge in [0, 0.05) is 22.7 Å². The Morgan fingerprint density at radius 2 is 2.00 bits per heavy atom. The summed E-state index contributed by atoms with van der Waals surface area (Å²) in [5.41, 5.74) is 4.66. The maximum atomic E-state index is 12.1. The molecule has 2 heterocycles. The Hall–Kier alpha value is -2.93. The summed E-state index contributed by atoms with van der Waals surface area (Å²) in [6, 6.07) is 3.74. The van der Waals surface area contributed by atoms with Crippen molar-refractivity contribution in [3.63, 3.8) is 0 Å². The van der Waals surface area contributed by atoms with Crippen LogP contribution in [0.1, 0.15) is 33.1 Å². The summed E-state index contributed by atoms with van der Waals surface area (Å²) in [6.07, 6.45) is 1.47. The normalized spacial score (nSPS) is 18.5. The number of aromatic carboxylic acids is 1. The van der Waals surface area contributed by atoms with Gasteiger partial charge in [0.05, 0.1) is 14.2 Å². The van der Waals surface area contributed by atoms with E-state index in [1.165, 1.54) is 7.11 Å². The molecule has 1 aliphatic carbocycles. The van der Waals surface area contributed by atoms with Crippen LogP contribution in [0.5, 0.6) is 23.0 Å². The predicted molar refractivity (Wildman–Crippen MR) is 96.2 cm³/mol. The van der Waals surface area contributed by atoms with Crippen LogP contribution in [0.15, 0.2) is 12.1 Å². The Bertz CT molecular complexity index is 983. The van der Waals surface area contributed by atoms with Crippen LogP contribution in [-0.4, -0.2) is 38.6 Å². The molecule has 0 saturated carbocycles. The highest BCUT2D eigenvalue weighted by molar-refractivity contribution is 6.03. The number of fused-ring (bicyclic) bond motifs is 4. The minimum Gasteiger partial charge on any atom is -0.496 e. The molecule has 0 saturated heterocycles. The highest BCUT2D eigenvalue weighted by atomic mass is 16.7. The van der Waals surface area contributed by atoms with Crippen molar-refractivity contribution in [3.05, 3.63) is 34.4 Å². The van der Waals surface area contributed by atoms with E-state index in [1.807, 2.05) is 6.07 Å². The van der Waals surface area contributed by atoms with Crippen molar-refractivity contribution in [2.45, 2.75) is 18.9 Å². The van der Waals surface area contributed by atoms with Gasteiger partial charge in [-0.3, -0.25) is 0 Å². The molecule has 0 spiro atoms. The van der Waals surface area contributed by atoms with Crippen LogP contribution in [0.2, 0.25) is 0 Å². The summed E-state index contributed by atoms with van der Waals surface area (Å²) in [6.45, 7) is 0.909. The second-order valence-corrected chi connectivity index (χ2v) is 6.81. The van der Waals surface area contributed by atoms with Crippen molar-refractivity contribution < 1.29 is 28.8 Å². The van der Waals surface area contributed by atoms with E-state index in [0.717, 1.165) is 35.2 Å². The first-order valence-corrected chi connectivity index (χ1v) is 8.85. The van der Waals surface area contributed by atoms with Gasteiger partial charge in [-0.05, 0) is 36.6 Å². The monoisotopic (exact) mass is 369 g/mol. The molecule has 7 heteroatoms. The Morgan fingerprint density at radius 1 is 1.19 bits per heavy atom. The molecule has 0 aromatic heterocycles. The molecule has 0 amide bonds. The average Bonchev–Trinajstić information content (AvgIpc) is 3.16. The number of benzene rings is 2. The summed E-state index contributed by atoms with van der Waals surface area (Å²) in [4.78, 5) is 12.1. The zero-order valence-electron chi connectivity index (χ0n) is 15.0. The molecule has 5 rings (SSSR count). The van der Waals surface area contributed by atoms with Crippen molar-refractivity contribution in [1.29, 1.82) is 0 Å². The third-order valence-electron chi connectivity index (χ3n) is 5.59. The molecule has 2 N–H and O–H groups in total. The summed E-state index contributed by atoms with van der Waals surface area (Å²) in [5, 5.41) is 13.5. The molecule has 0 bridgehead atoms. The van der Waals surface area contributed by atoms with Crippen molar-refractivity contribution in [2.24, 2.45) is 0 Å². The molecular formula is C20H19NO6. The lowest BCUT2D eigenvalue weighted by molar-refractivity contribution is 0.0694. The minimum atomic E-state index is -1.02. The van der Waals surface area contributed by atoms with Gasteiger partial charge in [-0.1, -0.05) is 6.07 Å². The zero-order chi connectivity index (χ0) is 18.7. The van der Waals surface area contributed by atoms with E-state index >= 15 is 0 Å². The van der Waals surface area contributed by atoms with Gasteiger partial charge >= 0.3 is 5.97 Å². The zero-order valence-corrected chi connectivity index (χ0v) is 15.0. The summed E-state index contributed by atoms with van der Waals surface area (Å²) < 4.78 is 22.5. The summed E-state index contributed by atoms with van der Waals surface area (Å²) >= 11 is 0. The van der Waals surface area contributed by atoms with E-state index in [9.17, 15) is 9.90 Å². The number of carbonyl (C=O) groups is 1. The fraction of sp³-hybridized carbons (Fsp3) is 0.350. The van der Waals surface area contributed by atoms with E-state index in [2.05, 4.69) is 5.32 Å². The molecule has 27 heavy (non-hydrogen) atoms. The number of ether oxygens (including phenoxy) is 4. The molecule has 2 aliphatic heterocycles. The Kier molecular flexibility index (Phi) is 3.48. The molecule has 3 aliphatic rings. The number of hydrogen-bond acceptors (Lipinski definition) is 6. The number of methoxy groups -OCH3 is 2. The second-order valence-electron chi connectivity index (χ2n) is 6.81. The van der Waals surface area contributed by atoms with E-state index < -0.39 is 5.97 Å². The molecule has 140 valence electrons. The van der Waals surface area contributed by atoms with Gasteiger partial charge in [0.25, 0.3) is 0 Å². The first-order chi connectivity index (χ1) is 13.2. The van der Waals surface area contributed by atoms with E-state index in [0.29, 0.717) is 35.0 Å². The Morgan fingerprint density at radius 3 is 2.74 bits per heavy atom. The maximum Gasteiger partial charge on any atom is 0.340 e. The first-order valence-electron chi connectivity index (χ1n) is 8.85. The van der Waals surface area contributed by atoms with Gasteiger partial charge in [0.15, 0.2) is 11.5 Å². The van der Waals surface area contributed by atoms with Crippen LogP contribution < -0.4 is 24.3 Å². The van der Waals surface area contributed by atoms with Gasteiger partial charge in [-0.15, -0.1) is 0 Å². The fourth-order valence-electron chi connectivity index (χ4n) is 4.59. The Balaban J connectivity index is 1.93. The maximum absolute atomic E-state index is 12.1. The van der Waals surface area contributed by atoms with Gasteiger partial charge in [0.1, 0.15) is 11.3 Å². The van der Waals surface area contributed by atoms with Crippen molar-refractivity contribution >= 4 is 5.97 Å². The Labute approximate surface area is 155 Å². The molecule has 0 radical (unpaired) electrons. The van der Waals surface area contributed by atoms with Crippen LogP contribution in [0, 0.1) is 0 Å². The lowest BCUT2D eigenvalue weighted by Crippen LogP contribution is -2.34. The minimum absolute atomic E-state index is 0.0784. The molecule has 1 atom stereocenters. The molecule has 2 aromatic rings. The largest absolute Gasteiger partial charge is 0.496 e. The van der Waals surface area contributed by atoms with Gasteiger partial charge in [-0.2, -0.15) is 0 Å².